The lowest BCUT2D eigenvalue weighted by atomic mass is 10.0. The number of para-hydroxylation sites is 1. The Hall–Kier alpha value is -2.20. The first-order chi connectivity index (χ1) is 13.5. The van der Waals surface area contributed by atoms with Gasteiger partial charge >= 0.3 is 0 Å². The third-order valence-corrected chi connectivity index (χ3v) is 5.93. The second-order valence-electron chi connectivity index (χ2n) is 7.31. The molecule has 0 aliphatic heterocycles. The molecule has 3 rings (SSSR count). The van der Waals surface area contributed by atoms with Crippen molar-refractivity contribution in [1.82, 2.24) is 9.88 Å². The van der Waals surface area contributed by atoms with Gasteiger partial charge in [-0.2, -0.15) is 0 Å². The zero-order valence-corrected chi connectivity index (χ0v) is 18.5. The van der Waals surface area contributed by atoms with Crippen LogP contribution in [0.1, 0.15) is 50.9 Å². The molecule has 2 aromatic carbocycles. The van der Waals surface area contributed by atoms with Crippen molar-refractivity contribution in [3.8, 4) is 11.3 Å². The van der Waals surface area contributed by atoms with Crippen molar-refractivity contribution in [3.05, 3.63) is 64.6 Å². The summed E-state index contributed by atoms with van der Waals surface area (Å²) in [6.45, 7) is 8.52. The maximum absolute atomic E-state index is 13.7. The van der Waals surface area contributed by atoms with Crippen LogP contribution in [0.25, 0.3) is 22.2 Å². The van der Waals surface area contributed by atoms with E-state index in [1.165, 1.54) is 0 Å². The molecule has 0 saturated heterocycles. The molecule has 0 aliphatic rings. The van der Waals surface area contributed by atoms with E-state index in [9.17, 15) is 4.79 Å². The fourth-order valence-corrected chi connectivity index (χ4v) is 3.91. The number of rotatable bonds is 6. The molecule has 0 N–H and O–H groups in total. The molecular weight excluding hydrogens is 412 g/mol. The Morgan fingerprint density at radius 2 is 1.68 bits per heavy atom. The summed E-state index contributed by atoms with van der Waals surface area (Å²) in [6, 6.07) is 18.3. The fourth-order valence-electron chi connectivity index (χ4n) is 3.52. The van der Waals surface area contributed by atoms with Gasteiger partial charge in [-0.1, -0.05) is 60.1 Å². The first-order valence-electron chi connectivity index (χ1n) is 9.94. The van der Waals surface area contributed by atoms with Crippen LogP contribution in [0.4, 0.5) is 0 Å². The van der Waals surface area contributed by atoms with E-state index in [1.54, 1.807) is 0 Å². The standard InChI is InChI=1S/C24H27BrN2O/c1-5-16(3)27(17(4)6-2)24(28)21-15-23(18-10-9-11-19(25)14-18)26-22-13-8-7-12-20(21)22/h7-17H,5-6H2,1-4H3. The van der Waals surface area contributed by atoms with Crippen molar-refractivity contribution in [2.45, 2.75) is 52.6 Å². The molecule has 3 aromatic rings. The number of hydrogen-bond acceptors (Lipinski definition) is 2. The van der Waals surface area contributed by atoms with Gasteiger partial charge in [0.1, 0.15) is 0 Å². The Balaban J connectivity index is 2.19. The Morgan fingerprint density at radius 1 is 1.00 bits per heavy atom. The van der Waals surface area contributed by atoms with Gasteiger partial charge < -0.3 is 4.90 Å². The number of carbonyl (C=O) groups excluding carboxylic acids is 1. The van der Waals surface area contributed by atoms with Crippen LogP contribution in [0.15, 0.2) is 59.1 Å². The summed E-state index contributed by atoms with van der Waals surface area (Å²) in [5.74, 6) is 0.0820. The fraction of sp³-hybridized carbons (Fsp3) is 0.333. The van der Waals surface area contributed by atoms with Crippen LogP contribution in [0.5, 0.6) is 0 Å². The Bertz CT molecular complexity index is 975. The summed E-state index contributed by atoms with van der Waals surface area (Å²) in [6.07, 6.45) is 1.86. The average Bonchev–Trinajstić information content (AvgIpc) is 2.72. The number of halogens is 1. The number of hydrogen-bond donors (Lipinski definition) is 0. The van der Waals surface area contributed by atoms with E-state index in [4.69, 9.17) is 4.98 Å². The predicted octanol–water partition coefficient (Wildman–Crippen LogP) is 6.70. The molecular formula is C24H27BrN2O. The van der Waals surface area contributed by atoms with E-state index < -0.39 is 0 Å². The summed E-state index contributed by atoms with van der Waals surface area (Å²) >= 11 is 3.53. The molecule has 1 aromatic heterocycles. The summed E-state index contributed by atoms with van der Waals surface area (Å²) in [5.41, 5.74) is 3.38. The molecule has 3 nitrogen and oxygen atoms in total. The highest BCUT2D eigenvalue weighted by molar-refractivity contribution is 9.10. The Kier molecular flexibility index (Phi) is 6.50. The molecule has 1 heterocycles. The minimum Gasteiger partial charge on any atom is -0.333 e. The Labute approximate surface area is 175 Å². The van der Waals surface area contributed by atoms with Gasteiger partial charge in [-0.05, 0) is 51.0 Å². The summed E-state index contributed by atoms with van der Waals surface area (Å²) in [5, 5.41) is 0.905. The number of nitrogens with zero attached hydrogens (tertiary/aromatic N) is 2. The van der Waals surface area contributed by atoms with E-state index in [1.807, 2.05) is 59.5 Å². The lowest BCUT2D eigenvalue weighted by molar-refractivity contribution is 0.0600. The van der Waals surface area contributed by atoms with Crippen molar-refractivity contribution in [3.63, 3.8) is 0 Å². The predicted molar refractivity (Wildman–Crippen MR) is 121 cm³/mol. The van der Waals surface area contributed by atoms with Crippen molar-refractivity contribution in [2.75, 3.05) is 0 Å². The van der Waals surface area contributed by atoms with Crippen molar-refractivity contribution >= 4 is 32.7 Å². The number of amides is 1. The van der Waals surface area contributed by atoms with Gasteiger partial charge in [0.15, 0.2) is 0 Å². The van der Waals surface area contributed by atoms with Crippen LogP contribution in [-0.4, -0.2) is 27.9 Å². The number of pyridine rings is 1. The van der Waals surface area contributed by atoms with E-state index in [0.717, 1.165) is 45.0 Å². The molecule has 0 aliphatic carbocycles. The second-order valence-corrected chi connectivity index (χ2v) is 8.23. The minimum absolute atomic E-state index is 0.0820. The summed E-state index contributed by atoms with van der Waals surface area (Å²) in [4.78, 5) is 20.6. The molecule has 2 atom stereocenters. The van der Waals surface area contributed by atoms with Crippen LogP contribution in [0, 0.1) is 0 Å². The highest BCUT2D eigenvalue weighted by Crippen LogP contribution is 2.28. The third-order valence-electron chi connectivity index (χ3n) is 5.43. The van der Waals surface area contributed by atoms with E-state index >= 15 is 0 Å². The highest BCUT2D eigenvalue weighted by atomic mass is 79.9. The number of benzene rings is 2. The molecule has 146 valence electrons. The summed E-state index contributed by atoms with van der Waals surface area (Å²) < 4.78 is 0.994. The largest absolute Gasteiger partial charge is 0.333 e. The van der Waals surface area contributed by atoms with Gasteiger partial charge in [-0.25, -0.2) is 4.98 Å². The average molecular weight is 439 g/mol. The summed E-state index contributed by atoms with van der Waals surface area (Å²) in [7, 11) is 0. The molecule has 0 bridgehead atoms. The minimum atomic E-state index is 0.0820. The number of fused-ring (bicyclic) bond motifs is 1. The van der Waals surface area contributed by atoms with Gasteiger partial charge in [-0.15, -0.1) is 0 Å². The van der Waals surface area contributed by atoms with Gasteiger partial charge in [0.25, 0.3) is 5.91 Å². The SMILES string of the molecule is CCC(C)N(C(=O)c1cc(-c2cccc(Br)c2)nc2ccccc12)C(C)CC. The lowest BCUT2D eigenvalue weighted by Crippen LogP contribution is -2.44. The molecule has 0 spiro atoms. The van der Waals surface area contributed by atoms with Gasteiger partial charge in [-0.3, -0.25) is 4.79 Å². The molecule has 28 heavy (non-hydrogen) atoms. The van der Waals surface area contributed by atoms with Gasteiger partial charge in [0, 0.05) is 27.5 Å². The third kappa shape index (κ3) is 4.12. The monoisotopic (exact) mass is 438 g/mol. The second kappa shape index (κ2) is 8.87. The zero-order chi connectivity index (χ0) is 20.3. The van der Waals surface area contributed by atoms with Crippen LogP contribution in [0.3, 0.4) is 0 Å². The van der Waals surface area contributed by atoms with Crippen LogP contribution in [-0.2, 0) is 0 Å². The first kappa shape index (κ1) is 20.5. The van der Waals surface area contributed by atoms with Crippen LogP contribution < -0.4 is 0 Å². The van der Waals surface area contributed by atoms with Gasteiger partial charge in [0.05, 0.1) is 16.8 Å². The van der Waals surface area contributed by atoms with E-state index in [2.05, 4.69) is 43.6 Å². The molecule has 0 fully saturated rings. The maximum Gasteiger partial charge on any atom is 0.255 e. The van der Waals surface area contributed by atoms with Crippen molar-refractivity contribution in [2.24, 2.45) is 0 Å². The van der Waals surface area contributed by atoms with Crippen LogP contribution >= 0.6 is 15.9 Å². The highest BCUT2D eigenvalue weighted by Gasteiger charge is 2.26. The van der Waals surface area contributed by atoms with Crippen molar-refractivity contribution < 1.29 is 4.79 Å². The maximum atomic E-state index is 13.7. The first-order valence-corrected chi connectivity index (χ1v) is 10.7. The topological polar surface area (TPSA) is 33.2 Å². The number of carbonyl (C=O) groups is 1. The zero-order valence-electron chi connectivity index (χ0n) is 16.9. The molecule has 0 saturated carbocycles. The van der Waals surface area contributed by atoms with E-state index in [-0.39, 0.29) is 18.0 Å². The van der Waals surface area contributed by atoms with Crippen LogP contribution in [0.2, 0.25) is 0 Å². The van der Waals surface area contributed by atoms with Crippen molar-refractivity contribution in [1.29, 1.82) is 0 Å². The smallest absolute Gasteiger partial charge is 0.255 e. The number of aromatic nitrogens is 1. The molecule has 2 unspecified atom stereocenters. The molecule has 0 radical (unpaired) electrons. The molecule has 4 heteroatoms. The molecule has 1 amide bonds. The Morgan fingerprint density at radius 3 is 2.32 bits per heavy atom. The quantitative estimate of drug-likeness (QED) is 0.428. The normalized spacial score (nSPS) is 13.3. The van der Waals surface area contributed by atoms with Gasteiger partial charge in [0.2, 0.25) is 0 Å². The lowest BCUT2D eigenvalue weighted by Gasteiger charge is -2.34. The van der Waals surface area contributed by atoms with E-state index in [0.29, 0.717) is 0 Å².